The molecule has 1 aromatic rings. The van der Waals surface area contributed by atoms with Gasteiger partial charge in [-0.15, -0.1) is 0 Å². The number of ether oxygens (including phenoxy) is 1. The van der Waals surface area contributed by atoms with Gasteiger partial charge in [-0.2, -0.15) is 0 Å². The van der Waals surface area contributed by atoms with Crippen LogP contribution >= 0.6 is 0 Å². The first-order valence-electron chi connectivity index (χ1n) is 10.6. The highest BCUT2D eigenvalue weighted by atomic mass is 16.5. The summed E-state index contributed by atoms with van der Waals surface area (Å²) in [5.41, 5.74) is 3.80. The average Bonchev–Trinajstić information content (AvgIpc) is 2.63. The van der Waals surface area contributed by atoms with E-state index in [9.17, 15) is 4.79 Å². The summed E-state index contributed by atoms with van der Waals surface area (Å²) in [6.07, 6.45) is 16.3. The lowest BCUT2D eigenvalue weighted by atomic mass is 10.0. The molecule has 0 radical (unpaired) electrons. The summed E-state index contributed by atoms with van der Waals surface area (Å²) in [4.78, 5) is 11.0. The Morgan fingerprint density at radius 1 is 0.885 bits per heavy atom. The minimum atomic E-state index is -0.215. The van der Waals surface area contributed by atoms with Gasteiger partial charge in [-0.25, -0.2) is 0 Å². The molecule has 0 atom stereocenters. The maximum absolute atomic E-state index is 11.0. The molecule has 0 aliphatic carbocycles. The van der Waals surface area contributed by atoms with Crippen molar-refractivity contribution in [1.29, 1.82) is 0 Å². The largest absolute Gasteiger partial charge is 0.461 e. The fourth-order valence-electron chi connectivity index (χ4n) is 3.18. The number of aryl methyl sites for hydroxylation is 1. The van der Waals surface area contributed by atoms with Crippen molar-refractivity contribution in [2.24, 2.45) is 0 Å². The molecule has 1 aromatic carbocycles. The van der Waals surface area contributed by atoms with Crippen molar-refractivity contribution in [3.8, 4) is 0 Å². The van der Waals surface area contributed by atoms with E-state index in [0.717, 1.165) is 12.8 Å². The Morgan fingerprint density at radius 3 is 2.08 bits per heavy atom. The maximum atomic E-state index is 11.0. The maximum Gasteiger partial charge on any atom is 0.302 e. The Hall–Kier alpha value is -1.57. The van der Waals surface area contributed by atoms with Crippen LogP contribution in [0.1, 0.15) is 96.1 Å². The van der Waals surface area contributed by atoms with E-state index >= 15 is 0 Å². The SMILES string of the molecule is CCCCCCCCCCc1ccc(C=C(CCC)COC(C)=O)cc1. The minimum Gasteiger partial charge on any atom is -0.461 e. The summed E-state index contributed by atoms with van der Waals surface area (Å²) in [5.74, 6) is -0.215. The van der Waals surface area contributed by atoms with Crippen LogP contribution in [-0.4, -0.2) is 12.6 Å². The molecule has 26 heavy (non-hydrogen) atoms. The van der Waals surface area contributed by atoms with E-state index in [4.69, 9.17) is 4.74 Å². The van der Waals surface area contributed by atoms with Crippen molar-refractivity contribution in [3.63, 3.8) is 0 Å². The first-order chi connectivity index (χ1) is 12.7. The molecule has 0 aliphatic rings. The molecular weight excluding hydrogens is 320 g/mol. The lowest BCUT2D eigenvalue weighted by molar-refractivity contribution is -0.140. The third-order valence-corrected chi connectivity index (χ3v) is 4.70. The van der Waals surface area contributed by atoms with Gasteiger partial charge >= 0.3 is 5.97 Å². The lowest BCUT2D eigenvalue weighted by Gasteiger charge is -2.07. The van der Waals surface area contributed by atoms with Crippen LogP contribution in [0.15, 0.2) is 29.8 Å². The molecule has 2 heteroatoms. The van der Waals surface area contributed by atoms with E-state index in [0.29, 0.717) is 6.61 Å². The molecule has 0 heterocycles. The van der Waals surface area contributed by atoms with Crippen molar-refractivity contribution in [1.82, 2.24) is 0 Å². The molecule has 2 nitrogen and oxygen atoms in total. The van der Waals surface area contributed by atoms with Crippen LogP contribution in [0.2, 0.25) is 0 Å². The number of hydrogen-bond donors (Lipinski definition) is 0. The molecule has 0 aliphatic heterocycles. The third-order valence-electron chi connectivity index (χ3n) is 4.70. The molecule has 146 valence electrons. The fourth-order valence-corrected chi connectivity index (χ4v) is 3.18. The molecular formula is C24H38O2. The van der Waals surface area contributed by atoms with Crippen LogP contribution in [0.25, 0.3) is 6.08 Å². The van der Waals surface area contributed by atoms with Crippen LogP contribution in [0.5, 0.6) is 0 Å². The summed E-state index contributed by atoms with van der Waals surface area (Å²) >= 11 is 0. The monoisotopic (exact) mass is 358 g/mol. The summed E-state index contributed by atoms with van der Waals surface area (Å²) in [6.45, 7) is 6.28. The second-order valence-corrected chi connectivity index (χ2v) is 7.30. The molecule has 0 aromatic heterocycles. The highest BCUT2D eigenvalue weighted by Crippen LogP contribution is 2.15. The minimum absolute atomic E-state index is 0.215. The van der Waals surface area contributed by atoms with E-state index < -0.39 is 0 Å². The standard InChI is InChI=1S/C24H38O2/c1-4-6-7-8-9-10-11-12-14-22-15-17-23(18-16-22)19-24(13-5-2)20-26-21(3)25/h15-19H,4-14,20H2,1-3H3. The van der Waals surface area contributed by atoms with Gasteiger partial charge in [0.2, 0.25) is 0 Å². The zero-order chi connectivity index (χ0) is 19.0. The molecule has 0 N–H and O–H groups in total. The first kappa shape index (κ1) is 22.5. The molecule has 0 bridgehead atoms. The second-order valence-electron chi connectivity index (χ2n) is 7.30. The summed E-state index contributed by atoms with van der Waals surface area (Å²) in [5, 5.41) is 0. The highest BCUT2D eigenvalue weighted by molar-refractivity contribution is 5.66. The number of rotatable bonds is 14. The summed E-state index contributed by atoms with van der Waals surface area (Å²) in [7, 11) is 0. The van der Waals surface area contributed by atoms with Gasteiger partial charge in [-0.3, -0.25) is 4.79 Å². The van der Waals surface area contributed by atoms with Gasteiger partial charge in [0.1, 0.15) is 6.61 Å². The van der Waals surface area contributed by atoms with Gasteiger partial charge in [0.25, 0.3) is 0 Å². The number of esters is 1. The van der Waals surface area contributed by atoms with Crippen molar-refractivity contribution >= 4 is 12.0 Å². The molecule has 0 amide bonds. The number of unbranched alkanes of at least 4 members (excludes halogenated alkanes) is 7. The Kier molecular flexibility index (Phi) is 12.6. The second kappa shape index (κ2) is 14.6. The molecule has 1 rings (SSSR count). The highest BCUT2D eigenvalue weighted by Gasteiger charge is 2.01. The number of benzene rings is 1. The molecule has 0 fully saturated rings. The van der Waals surface area contributed by atoms with Crippen LogP contribution in [0.3, 0.4) is 0 Å². The van der Waals surface area contributed by atoms with Crippen molar-refractivity contribution in [2.45, 2.75) is 91.4 Å². The Morgan fingerprint density at radius 2 is 1.50 bits per heavy atom. The van der Waals surface area contributed by atoms with Gasteiger partial charge in [-0.05, 0) is 36.0 Å². The first-order valence-corrected chi connectivity index (χ1v) is 10.6. The van der Waals surface area contributed by atoms with E-state index in [1.54, 1.807) is 0 Å². The quantitative estimate of drug-likeness (QED) is 0.261. The van der Waals surface area contributed by atoms with Crippen molar-refractivity contribution in [3.05, 3.63) is 41.0 Å². The zero-order valence-electron chi connectivity index (χ0n) is 17.2. The summed E-state index contributed by atoms with van der Waals surface area (Å²) < 4.78 is 5.15. The van der Waals surface area contributed by atoms with Crippen LogP contribution < -0.4 is 0 Å². The molecule has 0 saturated heterocycles. The Labute approximate surface area is 161 Å². The van der Waals surface area contributed by atoms with Crippen molar-refractivity contribution < 1.29 is 9.53 Å². The van der Waals surface area contributed by atoms with Crippen molar-refractivity contribution in [2.75, 3.05) is 6.61 Å². The van der Waals surface area contributed by atoms with Gasteiger partial charge in [0, 0.05) is 6.92 Å². The predicted octanol–water partition coefficient (Wildman–Crippen LogP) is 7.12. The zero-order valence-corrected chi connectivity index (χ0v) is 17.2. The van der Waals surface area contributed by atoms with Gasteiger partial charge in [-0.1, -0.05) is 95.6 Å². The molecule has 0 unspecified atom stereocenters. The topological polar surface area (TPSA) is 26.3 Å². The number of carbonyl (C=O) groups is 1. The van der Waals surface area contributed by atoms with Gasteiger partial charge in [0.15, 0.2) is 0 Å². The van der Waals surface area contributed by atoms with E-state index in [1.807, 2.05) is 0 Å². The normalized spacial score (nSPS) is 11.6. The smallest absolute Gasteiger partial charge is 0.302 e. The Bertz CT molecular complexity index is 514. The van der Waals surface area contributed by atoms with Gasteiger partial charge in [0.05, 0.1) is 0 Å². The Balaban J connectivity index is 2.34. The van der Waals surface area contributed by atoms with Crippen LogP contribution in [-0.2, 0) is 16.0 Å². The predicted molar refractivity (Wildman–Crippen MR) is 112 cm³/mol. The molecule has 0 spiro atoms. The lowest BCUT2D eigenvalue weighted by Crippen LogP contribution is -2.03. The third kappa shape index (κ3) is 11.1. The van der Waals surface area contributed by atoms with E-state index in [-0.39, 0.29) is 5.97 Å². The van der Waals surface area contributed by atoms with Gasteiger partial charge < -0.3 is 4.74 Å². The van der Waals surface area contributed by atoms with E-state index in [2.05, 4.69) is 44.2 Å². The molecule has 0 saturated carbocycles. The average molecular weight is 359 g/mol. The van der Waals surface area contributed by atoms with Crippen LogP contribution in [0, 0.1) is 0 Å². The fraction of sp³-hybridized carbons (Fsp3) is 0.625. The van der Waals surface area contributed by atoms with E-state index in [1.165, 1.54) is 81.4 Å². The van der Waals surface area contributed by atoms with Crippen LogP contribution in [0.4, 0.5) is 0 Å². The number of hydrogen-bond acceptors (Lipinski definition) is 2. The summed E-state index contributed by atoms with van der Waals surface area (Å²) in [6, 6.07) is 8.85. The number of carbonyl (C=O) groups excluding carboxylic acids is 1.